The molecule has 0 aromatic carbocycles. The molecule has 0 atom stereocenters. The van der Waals surface area contributed by atoms with Crippen molar-refractivity contribution in [3.05, 3.63) is 40.0 Å². The minimum absolute atomic E-state index is 0.164. The molecule has 0 saturated heterocycles. The van der Waals surface area contributed by atoms with E-state index in [9.17, 15) is 4.79 Å². The van der Waals surface area contributed by atoms with Crippen molar-refractivity contribution in [2.24, 2.45) is 5.11 Å². The molecule has 1 rings (SSSR count). The number of pyridine rings is 1. The van der Waals surface area contributed by atoms with Gasteiger partial charge in [0.25, 0.3) is 5.91 Å². The zero-order valence-electron chi connectivity index (χ0n) is 9.55. The van der Waals surface area contributed by atoms with Gasteiger partial charge in [0.1, 0.15) is 0 Å². The lowest BCUT2D eigenvalue weighted by atomic mass is 10.2. The minimum atomic E-state index is -0.164. The lowest BCUT2D eigenvalue weighted by Crippen LogP contribution is -2.30. The van der Waals surface area contributed by atoms with Gasteiger partial charge in [0, 0.05) is 29.9 Å². The SMILES string of the molecule is CNCCNC(=O)c1ccc(CN=[N+]=[N-])nc1. The highest BCUT2D eigenvalue weighted by Gasteiger charge is 2.04. The molecule has 17 heavy (non-hydrogen) atoms. The summed E-state index contributed by atoms with van der Waals surface area (Å²) in [5.74, 6) is -0.164. The number of hydrogen-bond donors (Lipinski definition) is 2. The highest BCUT2D eigenvalue weighted by molar-refractivity contribution is 5.93. The van der Waals surface area contributed by atoms with E-state index < -0.39 is 0 Å². The van der Waals surface area contributed by atoms with Crippen LogP contribution in [0.4, 0.5) is 0 Å². The number of carbonyl (C=O) groups excluding carboxylic acids is 1. The Kier molecular flexibility index (Phi) is 5.50. The third kappa shape index (κ3) is 4.50. The highest BCUT2D eigenvalue weighted by Crippen LogP contribution is 2.01. The van der Waals surface area contributed by atoms with Crippen molar-refractivity contribution >= 4 is 5.91 Å². The average Bonchev–Trinajstić information content (AvgIpc) is 2.37. The summed E-state index contributed by atoms with van der Waals surface area (Å²) in [6.45, 7) is 1.47. The van der Waals surface area contributed by atoms with Crippen LogP contribution >= 0.6 is 0 Å². The summed E-state index contributed by atoms with van der Waals surface area (Å²) in [5, 5.41) is 9.06. The first-order chi connectivity index (χ1) is 8.27. The quantitative estimate of drug-likeness (QED) is 0.330. The molecular weight excluding hydrogens is 220 g/mol. The maximum Gasteiger partial charge on any atom is 0.252 e. The zero-order chi connectivity index (χ0) is 12.5. The fourth-order valence-electron chi connectivity index (χ4n) is 1.16. The van der Waals surface area contributed by atoms with E-state index in [1.165, 1.54) is 6.20 Å². The third-order valence-corrected chi connectivity index (χ3v) is 2.04. The molecule has 0 unspecified atom stereocenters. The van der Waals surface area contributed by atoms with E-state index in [-0.39, 0.29) is 12.5 Å². The number of rotatable bonds is 6. The molecule has 0 fully saturated rings. The molecule has 0 aliphatic rings. The van der Waals surface area contributed by atoms with Crippen molar-refractivity contribution in [1.82, 2.24) is 15.6 Å². The van der Waals surface area contributed by atoms with E-state index in [1.807, 2.05) is 7.05 Å². The van der Waals surface area contributed by atoms with Gasteiger partial charge in [-0.2, -0.15) is 0 Å². The Morgan fingerprint density at radius 3 is 2.94 bits per heavy atom. The van der Waals surface area contributed by atoms with Crippen LogP contribution in [-0.4, -0.2) is 31.0 Å². The second kappa shape index (κ2) is 7.21. The van der Waals surface area contributed by atoms with Crippen molar-refractivity contribution in [2.75, 3.05) is 20.1 Å². The summed E-state index contributed by atoms with van der Waals surface area (Å²) in [6, 6.07) is 3.32. The molecule has 0 saturated carbocycles. The second-order valence-corrected chi connectivity index (χ2v) is 3.29. The van der Waals surface area contributed by atoms with E-state index in [0.717, 1.165) is 0 Å². The Labute approximate surface area is 98.9 Å². The topological polar surface area (TPSA) is 103 Å². The predicted octanol–water partition coefficient (Wildman–Crippen LogP) is 0.841. The maximum atomic E-state index is 11.6. The Hall–Kier alpha value is -2.11. The van der Waals surface area contributed by atoms with Crippen LogP contribution in [0.15, 0.2) is 23.4 Å². The molecule has 0 radical (unpaired) electrons. The molecule has 0 bridgehead atoms. The average molecular weight is 234 g/mol. The van der Waals surface area contributed by atoms with Crippen molar-refractivity contribution in [3.63, 3.8) is 0 Å². The smallest absolute Gasteiger partial charge is 0.252 e. The van der Waals surface area contributed by atoms with Gasteiger partial charge >= 0.3 is 0 Å². The Bertz CT molecular complexity index is 409. The monoisotopic (exact) mass is 234 g/mol. The van der Waals surface area contributed by atoms with Gasteiger partial charge in [-0.3, -0.25) is 9.78 Å². The fraction of sp³-hybridized carbons (Fsp3) is 0.400. The van der Waals surface area contributed by atoms with E-state index >= 15 is 0 Å². The molecule has 7 nitrogen and oxygen atoms in total. The molecule has 0 aliphatic carbocycles. The van der Waals surface area contributed by atoms with Crippen LogP contribution in [0.2, 0.25) is 0 Å². The number of likely N-dealkylation sites (N-methyl/N-ethyl adjacent to an activating group) is 1. The molecule has 90 valence electrons. The van der Waals surface area contributed by atoms with Crippen LogP contribution in [0.25, 0.3) is 10.4 Å². The zero-order valence-corrected chi connectivity index (χ0v) is 9.55. The van der Waals surface area contributed by atoms with Crippen molar-refractivity contribution in [2.45, 2.75) is 6.54 Å². The van der Waals surface area contributed by atoms with Gasteiger partial charge in [-0.25, -0.2) is 0 Å². The molecule has 1 amide bonds. The molecule has 0 spiro atoms. The van der Waals surface area contributed by atoms with Crippen molar-refractivity contribution in [1.29, 1.82) is 0 Å². The van der Waals surface area contributed by atoms with Crippen molar-refractivity contribution < 1.29 is 4.79 Å². The van der Waals surface area contributed by atoms with E-state index in [4.69, 9.17) is 5.53 Å². The number of amides is 1. The first-order valence-corrected chi connectivity index (χ1v) is 5.16. The molecule has 7 heteroatoms. The molecular formula is C10H14N6O. The summed E-state index contributed by atoms with van der Waals surface area (Å²) in [7, 11) is 1.82. The maximum absolute atomic E-state index is 11.6. The van der Waals surface area contributed by atoms with E-state index in [0.29, 0.717) is 24.3 Å². The molecule has 0 aliphatic heterocycles. The van der Waals surface area contributed by atoms with Gasteiger partial charge in [0.05, 0.1) is 12.1 Å². The first-order valence-electron chi connectivity index (χ1n) is 5.16. The number of azide groups is 1. The Balaban J connectivity index is 2.54. The Morgan fingerprint density at radius 1 is 1.53 bits per heavy atom. The van der Waals surface area contributed by atoms with Crippen LogP contribution in [-0.2, 0) is 6.54 Å². The van der Waals surface area contributed by atoms with E-state index in [1.54, 1.807) is 12.1 Å². The summed E-state index contributed by atoms with van der Waals surface area (Å²) in [4.78, 5) is 18.2. The Morgan fingerprint density at radius 2 is 2.35 bits per heavy atom. The van der Waals surface area contributed by atoms with Gasteiger partial charge in [0.15, 0.2) is 0 Å². The number of nitrogens with one attached hydrogen (secondary N) is 2. The van der Waals surface area contributed by atoms with Crippen LogP contribution < -0.4 is 10.6 Å². The molecule has 2 N–H and O–H groups in total. The third-order valence-electron chi connectivity index (χ3n) is 2.04. The fourth-order valence-corrected chi connectivity index (χ4v) is 1.16. The van der Waals surface area contributed by atoms with Crippen LogP contribution in [0.3, 0.4) is 0 Å². The van der Waals surface area contributed by atoms with Gasteiger partial charge < -0.3 is 10.6 Å². The largest absolute Gasteiger partial charge is 0.351 e. The standard InChI is InChI=1S/C10H14N6O/c1-12-4-5-13-10(17)8-2-3-9(14-6-8)7-15-16-11/h2-3,6,12H,4-5,7H2,1H3,(H,13,17). The molecule has 1 aromatic rings. The number of carbonyl (C=O) groups is 1. The van der Waals surface area contributed by atoms with Crippen LogP contribution in [0.5, 0.6) is 0 Å². The highest BCUT2D eigenvalue weighted by atomic mass is 16.1. The van der Waals surface area contributed by atoms with E-state index in [2.05, 4.69) is 25.6 Å². The lowest BCUT2D eigenvalue weighted by molar-refractivity contribution is 0.0954. The normalized spacial score (nSPS) is 9.47. The predicted molar refractivity (Wildman–Crippen MR) is 63.3 cm³/mol. The summed E-state index contributed by atoms with van der Waals surface area (Å²) >= 11 is 0. The molecule has 1 heterocycles. The van der Waals surface area contributed by atoms with Gasteiger partial charge in [-0.15, -0.1) is 0 Å². The van der Waals surface area contributed by atoms with Gasteiger partial charge in [-0.05, 0) is 24.7 Å². The summed E-state index contributed by atoms with van der Waals surface area (Å²) in [5.41, 5.74) is 9.28. The number of hydrogen-bond acceptors (Lipinski definition) is 4. The summed E-state index contributed by atoms with van der Waals surface area (Å²) in [6.07, 6.45) is 1.47. The lowest BCUT2D eigenvalue weighted by Gasteiger charge is -2.04. The van der Waals surface area contributed by atoms with Gasteiger partial charge in [0.2, 0.25) is 0 Å². The number of aromatic nitrogens is 1. The first kappa shape index (κ1) is 13.0. The second-order valence-electron chi connectivity index (χ2n) is 3.29. The minimum Gasteiger partial charge on any atom is -0.351 e. The van der Waals surface area contributed by atoms with Crippen molar-refractivity contribution in [3.8, 4) is 0 Å². The number of nitrogens with zero attached hydrogens (tertiary/aromatic N) is 4. The molecule has 1 aromatic heterocycles. The van der Waals surface area contributed by atoms with Crippen LogP contribution in [0, 0.1) is 0 Å². The summed E-state index contributed by atoms with van der Waals surface area (Å²) < 4.78 is 0. The van der Waals surface area contributed by atoms with Gasteiger partial charge in [-0.1, -0.05) is 5.11 Å². The van der Waals surface area contributed by atoms with Crippen LogP contribution in [0.1, 0.15) is 16.1 Å².